The average Bonchev–Trinajstić information content (AvgIpc) is 2.41. The number of sulfonamides is 1. The first-order valence-corrected chi connectivity index (χ1v) is 8.73. The zero-order valence-corrected chi connectivity index (χ0v) is 13.5. The van der Waals surface area contributed by atoms with Crippen LogP contribution in [0.25, 0.3) is 0 Å². The van der Waals surface area contributed by atoms with Crippen LogP contribution in [-0.4, -0.2) is 37.7 Å². The first kappa shape index (κ1) is 15.7. The number of aromatic nitrogens is 1. The number of halogens is 1. The molecule has 8 heteroatoms. The Morgan fingerprint density at radius 2 is 2.00 bits per heavy atom. The molecule has 0 saturated heterocycles. The van der Waals surface area contributed by atoms with E-state index in [1.54, 1.807) is 13.2 Å². The summed E-state index contributed by atoms with van der Waals surface area (Å²) in [4.78, 5) is 4.18. The van der Waals surface area contributed by atoms with Crippen molar-refractivity contribution in [2.45, 2.75) is 42.7 Å². The van der Waals surface area contributed by atoms with Crippen LogP contribution >= 0.6 is 15.9 Å². The number of hydrogen-bond donors (Lipinski definition) is 3. The SMILES string of the molecule is CNc1ncc(Br)cc1S(=O)(=O)NC1CCC(O)CC1. The lowest BCUT2D eigenvalue weighted by Crippen LogP contribution is -2.38. The van der Waals surface area contributed by atoms with Gasteiger partial charge in [-0.05, 0) is 47.7 Å². The zero-order chi connectivity index (χ0) is 14.8. The molecular formula is C12H18BrN3O3S. The van der Waals surface area contributed by atoms with Crippen molar-refractivity contribution in [3.05, 3.63) is 16.7 Å². The summed E-state index contributed by atoms with van der Waals surface area (Å²) in [6, 6.07) is 1.39. The molecule has 1 fully saturated rings. The fourth-order valence-electron chi connectivity index (χ4n) is 2.29. The number of nitrogens with one attached hydrogen (secondary N) is 2. The third-order valence-corrected chi connectivity index (χ3v) is 5.33. The van der Waals surface area contributed by atoms with Gasteiger partial charge in [-0.2, -0.15) is 0 Å². The van der Waals surface area contributed by atoms with Crippen molar-refractivity contribution < 1.29 is 13.5 Å². The Bertz CT molecular complexity index is 571. The summed E-state index contributed by atoms with van der Waals surface area (Å²) in [6.07, 6.45) is 3.79. The third-order valence-electron chi connectivity index (χ3n) is 3.36. The van der Waals surface area contributed by atoms with Crippen molar-refractivity contribution in [1.82, 2.24) is 9.71 Å². The topological polar surface area (TPSA) is 91.3 Å². The number of aliphatic hydroxyl groups is 1. The molecule has 0 radical (unpaired) electrons. The highest BCUT2D eigenvalue weighted by atomic mass is 79.9. The van der Waals surface area contributed by atoms with Gasteiger partial charge in [0.1, 0.15) is 10.7 Å². The van der Waals surface area contributed by atoms with Gasteiger partial charge in [-0.15, -0.1) is 0 Å². The summed E-state index contributed by atoms with van der Waals surface area (Å²) in [5.41, 5.74) is 0. The molecule has 1 saturated carbocycles. The van der Waals surface area contributed by atoms with E-state index < -0.39 is 10.0 Å². The summed E-state index contributed by atoms with van der Waals surface area (Å²) < 4.78 is 28.2. The number of nitrogens with zero attached hydrogens (tertiary/aromatic N) is 1. The van der Waals surface area contributed by atoms with E-state index in [-0.39, 0.29) is 17.0 Å². The van der Waals surface area contributed by atoms with Gasteiger partial charge in [0.2, 0.25) is 10.0 Å². The maximum absolute atomic E-state index is 12.4. The molecule has 0 aromatic carbocycles. The Hall–Kier alpha value is -0.700. The molecule has 0 atom stereocenters. The van der Waals surface area contributed by atoms with Crippen molar-refractivity contribution in [3.8, 4) is 0 Å². The quantitative estimate of drug-likeness (QED) is 0.753. The molecule has 1 aliphatic carbocycles. The van der Waals surface area contributed by atoms with Gasteiger partial charge in [-0.25, -0.2) is 18.1 Å². The standard InChI is InChI=1S/C12H18BrN3O3S/c1-14-12-11(6-8(13)7-15-12)20(18,19)16-9-2-4-10(17)5-3-9/h6-7,9-10,16-17H,2-5H2,1H3,(H,14,15). The highest BCUT2D eigenvalue weighted by Gasteiger charge is 2.26. The molecule has 2 rings (SSSR count). The second kappa shape index (κ2) is 6.38. The van der Waals surface area contributed by atoms with Gasteiger partial charge >= 0.3 is 0 Å². The van der Waals surface area contributed by atoms with Gasteiger partial charge < -0.3 is 10.4 Å². The van der Waals surface area contributed by atoms with E-state index in [0.717, 1.165) is 0 Å². The van der Waals surface area contributed by atoms with Gasteiger partial charge in [0.15, 0.2) is 0 Å². The lowest BCUT2D eigenvalue weighted by atomic mass is 9.94. The van der Waals surface area contributed by atoms with E-state index in [4.69, 9.17) is 0 Å². The molecule has 20 heavy (non-hydrogen) atoms. The van der Waals surface area contributed by atoms with Crippen LogP contribution in [0.4, 0.5) is 5.82 Å². The van der Waals surface area contributed by atoms with Gasteiger partial charge in [0.05, 0.1) is 6.10 Å². The largest absolute Gasteiger partial charge is 0.393 e. The van der Waals surface area contributed by atoms with Crippen LogP contribution in [0.5, 0.6) is 0 Å². The lowest BCUT2D eigenvalue weighted by Gasteiger charge is -2.26. The summed E-state index contributed by atoms with van der Waals surface area (Å²) >= 11 is 3.24. The van der Waals surface area contributed by atoms with E-state index in [9.17, 15) is 13.5 Å². The van der Waals surface area contributed by atoms with Crippen molar-refractivity contribution in [2.24, 2.45) is 0 Å². The summed E-state index contributed by atoms with van der Waals surface area (Å²) in [7, 11) is -2.00. The van der Waals surface area contributed by atoms with Crippen LogP contribution in [0.1, 0.15) is 25.7 Å². The van der Waals surface area contributed by atoms with Crippen LogP contribution < -0.4 is 10.0 Å². The number of pyridine rings is 1. The first-order valence-electron chi connectivity index (χ1n) is 6.46. The monoisotopic (exact) mass is 363 g/mol. The average molecular weight is 364 g/mol. The maximum Gasteiger partial charge on any atom is 0.244 e. The second-order valence-corrected chi connectivity index (χ2v) is 7.48. The van der Waals surface area contributed by atoms with E-state index in [2.05, 4.69) is 31.0 Å². The van der Waals surface area contributed by atoms with Crippen LogP contribution in [-0.2, 0) is 10.0 Å². The molecule has 1 aromatic heterocycles. The van der Waals surface area contributed by atoms with Crippen molar-refractivity contribution in [1.29, 1.82) is 0 Å². The molecule has 1 aromatic rings. The first-order chi connectivity index (χ1) is 9.42. The Morgan fingerprint density at radius 3 is 2.60 bits per heavy atom. The Balaban J connectivity index is 2.20. The molecule has 0 amide bonds. The Labute approximate surface area is 127 Å². The van der Waals surface area contributed by atoms with Crippen LogP contribution in [0.15, 0.2) is 21.6 Å². The molecule has 0 aliphatic heterocycles. The van der Waals surface area contributed by atoms with Gasteiger partial charge in [0.25, 0.3) is 0 Å². The molecule has 3 N–H and O–H groups in total. The van der Waals surface area contributed by atoms with Crippen molar-refractivity contribution in [3.63, 3.8) is 0 Å². The molecule has 6 nitrogen and oxygen atoms in total. The number of rotatable bonds is 4. The van der Waals surface area contributed by atoms with E-state index in [1.165, 1.54) is 6.07 Å². The minimum Gasteiger partial charge on any atom is -0.393 e. The predicted octanol–water partition coefficient (Wildman–Crippen LogP) is 1.47. The molecule has 1 heterocycles. The fourth-order valence-corrected chi connectivity index (χ4v) is 4.27. The van der Waals surface area contributed by atoms with Gasteiger partial charge in [-0.1, -0.05) is 0 Å². The molecule has 112 valence electrons. The minimum absolute atomic E-state index is 0.125. The fraction of sp³-hybridized carbons (Fsp3) is 0.583. The van der Waals surface area contributed by atoms with Crippen LogP contribution in [0, 0.1) is 0 Å². The van der Waals surface area contributed by atoms with Crippen LogP contribution in [0.3, 0.4) is 0 Å². The normalized spacial score (nSPS) is 23.6. The molecule has 1 aliphatic rings. The van der Waals surface area contributed by atoms with Gasteiger partial charge in [0, 0.05) is 23.8 Å². The zero-order valence-electron chi connectivity index (χ0n) is 11.1. The van der Waals surface area contributed by atoms with E-state index in [1.807, 2.05) is 0 Å². The number of anilines is 1. The molecule has 0 unspecified atom stereocenters. The maximum atomic E-state index is 12.4. The Morgan fingerprint density at radius 1 is 1.35 bits per heavy atom. The van der Waals surface area contributed by atoms with E-state index >= 15 is 0 Å². The minimum atomic E-state index is -3.63. The molecule has 0 spiro atoms. The predicted molar refractivity (Wildman–Crippen MR) is 80.1 cm³/mol. The summed E-state index contributed by atoms with van der Waals surface area (Å²) in [5, 5.41) is 12.2. The smallest absolute Gasteiger partial charge is 0.244 e. The van der Waals surface area contributed by atoms with E-state index in [0.29, 0.717) is 36.0 Å². The molecular weight excluding hydrogens is 346 g/mol. The molecule has 0 bridgehead atoms. The lowest BCUT2D eigenvalue weighted by molar-refractivity contribution is 0.120. The van der Waals surface area contributed by atoms with Crippen molar-refractivity contribution in [2.75, 3.05) is 12.4 Å². The summed E-state index contributed by atoms with van der Waals surface area (Å²) in [6.45, 7) is 0. The highest BCUT2D eigenvalue weighted by molar-refractivity contribution is 9.10. The Kier molecular flexibility index (Phi) is 5.00. The van der Waals surface area contributed by atoms with Crippen molar-refractivity contribution >= 4 is 31.8 Å². The second-order valence-electron chi connectivity index (χ2n) is 4.88. The number of hydrogen-bond acceptors (Lipinski definition) is 5. The summed E-state index contributed by atoms with van der Waals surface area (Å²) in [5.74, 6) is 0.316. The van der Waals surface area contributed by atoms with Gasteiger partial charge in [-0.3, -0.25) is 0 Å². The van der Waals surface area contributed by atoms with Crippen LogP contribution in [0.2, 0.25) is 0 Å². The number of aliphatic hydroxyl groups excluding tert-OH is 1. The third kappa shape index (κ3) is 3.69. The highest BCUT2D eigenvalue weighted by Crippen LogP contribution is 2.25.